The van der Waals surface area contributed by atoms with Crippen LogP contribution in [0, 0.1) is 0 Å². The quantitative estimate of drug-likeness (QED) is 0.270. The lowest BCUT2D eigenvalue weighted by molar-refractivity contribution is 0.0546. The molecular formula is C35H45ClN4O5. The van der Waals surface area contributed by atoms with Crippen molar-refractivity contribution in [1.82, 2.24) is 19.7 Å². The lowest BCUT2D eigenvalue weighted by Crippen LogP contribution is -2.33. The highest BCUT2D eigenvalue weighted by Crippen LogP contribution is 2.42. The molecule has 0 unspecified atom stereocenters. The van der Waals surface area contributed by atoms with Crippen molar-refractivity contribution in [1.29, 1.82) is 0 Å². The number of aliphatic hydroxyl groups excluding tert-OH is 1. The predicted molar refractivity (Wildman–Crippen MR) is 176 cm³/mol. The van der Waals surface area contributed by atoms with Crippen LogP contribution in [-0.4, -0.2) is 82.5 Å². The minimum absolute atomic E-state index is 0.174. The molecule has 6 rings (SSSR count). The summed E-state index contributed by atoms with van der Waals surface area (Å²) in [4.78, 5) is 31.8. The number of nitrogens with zero attached hydrogens (tertiary/aromatic N) is 3. The average molecular weight is 637 g/mol. The van der Waals surface area contributed by atoms with Gasteiger partial charge in [0.1, 0.15) is 11.4 Å². The fraction of sp³-hybridized carbons (Fsp3) is 0.543. The first-order valence-electron chi connectivity index (χ1n) is 16.3. The van der Waals surface area contributed by atoms with E-state index in [9.17, 15) is 14.7 Å². The third-order valence-electron chi connectivity index (χ3n) is 9.11. The SMILES string of the molecule is CC(C)(C)OC(=O)n1c(-c2cc(OCCCN3CCC[C@H]3CO)c(Cl)c3c2C(=O)NC3)cc2cc(CN3CCCCC3)ccc21. The van der Waals surface area contributed by atoms with Gasteiger partial charge >= 0.3 is 6.09 Å². The van der Waals surface area contributed by atoms with Crippen molar-refractivity contribution in [3.8, 4) is 17.0 Å². The molecular weight excluding hydrogens is 592 g/mol. The molecule has 10 heteroatoms. The summed E-state index contributed by atoms with van der Waals surface area (Å²) in [6.45, 7) is 11.3. The van der Waals surface area contributed by atoms with Gasteiger partial charge in [0.15, 0.2) is 0 Å². The number of fused-ring (bicyclic) bond motifs is 2. The van der Waals surface area contributed by atoms with Gasteiger partial charge in [-0.2, -0.15) is 0 Å². The van der Waals surface area contributed by atoms with Crippen LogP contribution in [0.2, 0.25) is 5.02 Å². The normalized spacial score (nSPS) is 19.2. The lowest BCUT2D eigenvalue weighted by atomic mass is 9.99. The van der Waals surface area contributed by atoms with E-state index in [-0.39, 0.29) is 25.1 Å². The van der Waals surface area contributed by atoms with E-state index in [0.717, 1.165) is 62.9 Å². The first-order chi connectivity index (χ1) is 21.6. The number of hydrogen-bond acceptors (Lipinski definition) is 7. The van der Waals surface area contributed by atoms with Crippen LogP contribution in [0.4, 0.5) is 4.79 Å². The summed E-state index contributed by atoms with van der Waals surface area (Å²) in [5, 5.41) is 13.9. The molecule has 3 aliphatic rings. The number of nitrogens with one attached hydrogen (secondary N) is 1. The van der Waals surface area contributed by atoms with Gasteiger partial charge in [-0.1, -0.05) is 24.1 Å². The van der Waals surface area contributed by atoms with E-state index in [1.807, 2.05) is 32.9 Å². The molecule has 0 saturated carbocycles. The molecule has 0 bridgehead atoms. The summed E-state index contributed by atoms with van der Waals surface area (Å²) < 4.78 is 13.7. The number of hydrogen-bond donors (Lipinski definition) is 2. The molecule has 0 spiro atoms. The first-order valence-corrected chi connectivity index (χ1v) is 16.7. The van der Waals surface area contributed by atoms with Crippen LogP contribution in [0.3, 0.4) is 0 Å². The van der Waals surface area contributed by atoms with Crippen molar-refractivity contribution in [3.05, 3.63) is 52.0 Å². The van der Waals surface area contributed by atoms with Gasteiger partial charge < -0.3 is 19.9 Å². The zero-order valence-corrected chi connectivity index (χ0v) is 27.4. The van der Waals surface area contributed by atoms with Gasteiger partial charge in [-0.25, -0.2) is 9.36 Å². The number of halogens is 1. The Hall–Kier alpha value is -3.11. The maximum atomic E-state index is 13.8. The molecule has 2 saturated heterocycles. The Kier molecular flexibility index (Phi) is 9.43. The van der Waals surface area contributed by atoms with Gasteiger partial charge in [-0.3, -0.25) is 14.6 Å². The molecule has 3 aromatic rings. The van der Waals surface area contributed by atoms with Crippen LogP contribution in [0.1, 0.15) is 80.8 Å². The molecule has 3 aliphatic heterocycles. The second-order valence-corrected chi connectivity index (χ2v) is 13.9. The highest BCUT2D eigenvalue weighted by atomic mass is 35.5. The molecule has 4 heterocycles. The second kappa shape index (κ2) is 13.3. The van der Waals surface area contributed by atoms with Crippen LogP contribution in [0.25, 0.3) is 22.2 Å². The van der Waals surface area contributed by atoms with E-state index in [4.69, 9.17) is 21.1 Å². The summed E-state index contributed by atoms with van der Waals surface area (Å²) in [7, 11) is 0. The average Bonchev–Trinajstić information content (AvgIpc) is 3.73. The Morgan fingerprint density at radius 1 is 1.09 bits per heavy atom. The standard InChI is InChI=1S/C35H45ClN4O5/c1-35(2,3)45-34(43)40-28-11-10-23(21-38-12-5-4-6-13-38)17-24(28)18-29(40)26-19-30(32(36)27-20-37-33(42)31(26)27)44-16-8-15-39-14-7-9-25(39)22-41/h10-11,17-19,25,41H,4-9,12-16,20-22H2,1-3H3,(H,37,42)/t25-/m0/s1. The highest BCUT2D eigenvalue weighted by Gasteiger charge is 2.32. The molecule has 1 amide bonds. The number of rotatable bonds is 9. The van der Waals surface area contributed by atoms with Crippen molar-refractivity contribution in [2.45, 2.75) is 84.0 Å². The molecule has 1 atom stereocenters. The summed E-state index contributed by atoms with van der Waals surface area (Å²) in [6.07, 6.45) is 6.10. The Morgan fingerprint density at radius 2 is 1.89 bits per heavy atom. The van der Waals surface area contributed by atoms with Gasteiger partial charge in [-0.05, 0) is 102 Å². The molecule has 0 radical (unpaired) electrons. The van der Waals surface area contributed by atoms with Crippen molar-refractivity contribution in [2.75, 3.05) is 39.4 Å². The number of likely N-dealkylation sites (tertiary alicyclic amines) is 2. The van der Waals surface area contributed by atoms with E-state index in [0.29, 0.717) is 39.8 Å². The summed E-state index contributed by atoms with van der Waals surface area (Å²) >= 11 is 6.85. The Morgan fingerprint density at radius 3 is 2.64 bits per heavy atom. The van der Waals surface area contributed by atoms with E-state index < -0.39 is 11.7 Å². The van der Waals surface area contributed by atoms with Crippen molar-refractivity contribution >= 4 is 34.5 Å². The third kappa shape index (κ3) is 6.87. The van der Waals surface area contributed by atoms with Crippen LogP contribution in [-0.2, 0) is 17.8 Å². The summed E-state index contributed by atoms with van der Waals surface area (Å²) in [5.74, 6) is 0.248. The fourth-order valence-corrected chi connectivity index (χ4v) is 7.23. The number of carbonyl (C=O) groups excluding carboxylic acids is 2. The Balaban J connectivity index is 1.37. The summed E-state index contributed by atoms with van der Waals surface area (Å²) in [5.41, 5.74) is 3.46. The molecule has 45 heavy (non-hydrogen) atoms. The van der Waals surface area contributed by atoms with E-state index >= 15 is 0 Å². The second-order valence-electron chi connectivity index (χ2n) is 13.6. The fourth-order valence-electron chi connectivity index (χ4n) is 6.96. The number of aliphatic hydroxyl groups is 1. The van der Waals surface area contributed by atoms with Crippen LogP contribution in [0.5, 0.6) is 5.75 Å². The van der Waals surface area contributed by atoms with Crippen molar-refractivity contribution < 1.29 is 24.2 Å². The Labute approximate surface area is 270 Å². The zero-order chi connectivity index (χ0) is 31.7. The molecule has 9 nitrogen and oxygen atoms in total. The Bertz CT molecular complexity index is 1570. The van der Waals surface area contributed by atoms with Crippen LogP contribution < -0.4 is 10.1 Å². The largest absolute Gasteiger partial charge is 0.492 e. The smallest absolute Gasteiger partial charge is 0.419 e. The zero-order valence-electron chi connectivity index (χ0n) is 26.7. The number of aromatic nitrogens is 1. The van der Waals surface area contributed by atoms with Gasteiger partial charge in [-0.15, -0.1) is 0 Å². The van der Waals surface area contributed by atoms with E-state index in [2.05, 4.69) is 27.2 Å². The van der Waals surface area contributed by atoms with Gasteiger partial charge in [0.25, 0.3) is 5.91 Å². The highest BCUT2D eigenvalue weighted by molar-refractivity contribution is 6.34. The summed E-state index contributed by atoms with van der Waals surface area (Å²) in [6, 6.07) is 10.2. The van der Waals surface area contributed by atoms with Crippen LogP contribution in [0.15, 0.2) is 30.3 Å². The van der Waals surface area contributed by atoms with Crippen molar-refractivity contribution in [3.63, 3.8) is 0 Å². The predicted octanol–water partition coefficient (Wildman–Crippen LogP) is 6.20. The van der Waals surface area contributed by atoms with Gasteiger partial charge in [0.2, 0.25) is 0 Å². The van der Waals surface area contributed by atoms with E-state index in [1.165, 1.54) is 24.8 Å². The lowest BCUT2D eigenvalue weighted by Gasteiger charge is -2.26. The molecule has 0 aliphatic carbocycles. The number of ether oxygens (including phenoxy) is 2. The molecule has 2 aromatic carbocycles. The number of amides is 1. The minimum atomic E-state index is -0.711. The molecule has 242 valence electrons. The number of piperidine rings is 1. The number of benzene rings is 2. The monoisotopic (exact) mass is 636 g/mol. The number of carbonyl (C=O) groups is 2. The maximum Gasteiger partial charge on any atom is 0.419 e. The van der Waals surface area contributed by atoms with Crippen LogP contribution >= 0.6 is 11.6 Å². The molecule has 2 fully saturated rings. The molecule has 2 N–H and O–H groups in total. The maximum absolute atomic E-state index is 13.8. The van der Waals surface area contributed by atoms with Gasteiger partial charge in [0, 0.05) is 42.2 Å². The topological polar surface area (TPSA) is 96.3 Å². The van der Waals surface area contributed by atoms with Gasteiger partial charge in [0.05, 0.1) is 35.0 Å². The minimum Gasteiger partial charge on any atom is -0.492 e. The van der Waals surface area contributed by atoms with E-state index in [1.54, 1.807) is 10.6 Å². The van der Waals surface area contributed by atoms with Crippen molar-refractivity contribution in [2.24, 2.45) is 0 Å². The first kappa shape index (κ1) is 31.9. The third-order valence-corrected chi connectivity index (χ3v) is 9.52. The molecule has 1 aromatic heterocycles.